The Labute approximate surface area is 82.6 Å². The summed E-state index contributed by atoms with van der Waals surface area (Å²) in [6, 6.07) is 0. The fraction of sp³-hybridized carbons (Fsp3) is 0.556. The third-order valence-corrected chi connectivity index (χ3v) is 2.64. The highest BCUT2D eigenvalue weighted by Gasteiger charge is 2.06. The first kappa shape index (κ1) is 10.5. The van der Waals surface area contributed by atoms with Gasteiger partial charge in [0.15, 0.2) is 0 Å². The van der Waals surface area contributed by atoms with E-state index in [9.17, 15) is 5.11 Å². The van der Waals surface area contributed by atoms with Crippen molar-refractivity contribution >= 4 is 11.8 Å². The van der Waals surface area contributed by atoms with E-state index in [1.807, 2.05) is 11.8 Å². The maximum atomic E-state index is 9.65. The van der Waals surface area contributed by atoms with Gasteiger partial charge < -0.3 is 5.11 Å². The fourth-order valence-electron chi connectivity index (χ4n) is 0.989. The summed E-state index contributed by atoms with van der Waals surface area (Å²) >= 11 is 1.83. The molecule has 0 aliphatic rings. The van der Waals surface area contributed by atoms with Crippen LogP contribution in [-0.2, 0) is 0 Å². The van der Waals surface area contributed by atoms with E-state index >= 15 is 0 Å². The van der Waals surface area contributed by atoms with Gasteiger partial charge in [-0.2, -0.15) is 11.8 Å². The van der Waals surface area contributed by atoms with Crippen LogP contribution < -0.4 is 0 Å². The Morgan fingerprint density at radius 3 is 2.77 bits per heavy atom. The van der Waals surface area contributed by atoms with Crippen molar-refractivity contribution in [1.82, 2.24) is 9.97 Å². The summed E-state index contributed by atoms with van der Waals surface area (Å²) < 4.78 is 0. The molecular formula is C9H14N2OS. The molecule has 1 rings (SSSR count). The molecule has 1 N–H and O–H groups in total. The Morgan fingerprint density at radius 2 is 2.15 bits per heavy atom. The van der Waals surface area contributed by atoms with Gasteiger partial charge in [-0.05, 0) is 17.9 Å². The minimum Gasteiger partial charge on any atom is -0.388 e. The Bertz CT molecular complexity index is 230. The molecule has 0 amide bonds. The second-order valence-corrected chi connectivity index (χ2v) is 4.07. The average molecular weight is 198 g/mol. The van der Waals surface area contributed by atoms with Crippen LogP contribution in [0.5, 0.6) is 0 Å². The van der Waals surface area contributed by atoms with Gasteiger partial charge in [-0.15, -0.1) is 0 Å². The molecule has 1 aromatic heterocycles. The molecule has 0 fully saturated rings. The zero-order valence-electron chi connectivity index (χ0n) is 7.68. The van der Waals surface area contributed by atoms with E-state index in [4.69, 9.17) is 0 Å². The predicted molar refractivity (Wildman–Crippen MR) is 54.6 cm³/mol. The van der Waals surface area contributed by atoms with E-state index in [0.717, 1.165) is 23.5 Å². The summed E-state index contributed by atoms with van der Waals surface area (Å²) in [5, 5.41) is 9.65. The normalized spacial score (nSPS) is 12.8. The van der Waals surface area contributed by atoms with Crippen molar-refractivity contribution in [2.45, 2.75) is 19.4 Å². The van der Waals surface area contributed by atoms with Gasteiger partial charge in [-0.3, -0.25) is 0 Å². The molecule has 1 unspecified atom stereocenters. The Balaban J connectivity index is 2.35. The van der Waals surface area contributed by atoms with Crippen molar-refractivity contribution in [3.8, 4) is 0 Å². The van der Waals surface area contributed by atoms with Gasteiger partial charge >= 0.3 is 0 Å². The third-order valence-electron chi connectivity index (χ3n) is 1.71. The quantitative estimate of drug-likeness (QED) is 0.731. The van der Waals surface area contributed by atoms with Crippen LogP contribution >= 0.6 is 11.8 Å². The van der Waals surface area contributed by atoms with Crippen LogP contribution in [0.2, 0.25) is 0 Å². The van der Waals surface area contributed by atoms with Crippen molar-refractivity contribution in [3.05, 3.63) is 24.3 Å². The van der Waals surface area contributed by atoms with Crippen molar-refractivity contribution in [2.24, 2.45) is 0 Å². The molecule has 0 radical (unpaired) electrons. The van der Waals surface area contributed by atoms with Gasteiger partial charge in [0.05, 0.1) is 6.10 Å². The molecule has 1 atom stereocenters. The minimum absolute atomic E-state index is 0.416. The molecule has 3 nitrogen and oxygen atoms in total. The molecular weight excluding hydrogens is 184 g/mol. The smallest absolute Gasteiger partial charge is 0.115 e. The van der Waals surface area contributed by atoms with Gasteiger partial charge in [0.25, 0.3) is 0 Å². The van der Waals surface area contributed by atoms with Crippen LogP contribution in [0.1, 0.15) is 25.0 Å². The van der Waals surface area contributed by atoms with Crippen LogP contribution in [0.3, 0.4) is 0 Å². The first-order valence-electron chi connectivity index (χ1n) is 4.35. The highest BCUT2D eigenvalue weighted by Crippen LogP contribution is 2.16. The zero-order chi connectivity index (χ0) is 9.52. The molecule has 0 saturated heterocycles. The van der Waals surface area contributed by atoms with Crippen molar-refractivity contribution in [1.29, 1.82) is 0 Å². The van der Waals surface area contributed by atoms with Crippen LogP contribution in [0, 0.1) is 0 Å². The largest absolute Gasteiger partial charge is 0.388 e. The number of aliphatic hydroxyl groups excluding tert-OH is 1. The summed E-state index contributed by atoms with van der Waals surface area (Å²) in [6.07, 6.45) is 5.14. The van der Waals surface area contributed by atoms with Gasteiger partial charge in [0, 0.05) is 18.0 Å². The standard InChI is InChI=1S/C9H14N2OS/c1-2-13-4-3-9(12)8-5-10-7-11-6-8/h5-7,9,12H,2-4H2,1H3. The number of aromatic nitrogens is 2. The monoisotopic (exact) mass is 198 g/mol. The Morgan fingerprint density at radius 1 is 1.46 bits per heavy atom. The Kier molecular flexibility index (Phi) is 4.78. The Hall–Kier alpha value is -0.610. The summed E-state index contributed by atoms with van der Waals surface area (Å²) in [6.45, 7) is 2.11. The number of hydrogen-bond acceptors (Lipinski definition) is 4. The van der Waals surface area contributed by atoms with Crippen molar-refractivity contribution in [2.75, 3.05) is 11.5 Å². The molecule has 0 aliphatic carbocycles. The van der Waals surface area contributed by atoms with Crippen LogP contribution in [0.4, 0.5) is 0 Å². The van der Waals surface area contributed by atoms with Crippen LogP contribution in [0.15, 0.2) is 18.7 Å². The van der Waals surface area contributed by atoms with E-state index in [1.54, 1.807) is 12.4 Å². The summed E-state index contributed by atoms with van der Waals surface area (Å²) in [7, 11) is 0. The van der Waals surface area contributed by atoms with E-state index in [1.165, 1.54) is 6.33 Å². The molecule has 4 heteroatoms. The number of aliphatic hydroxyl groups is 1. The molecule has 1 heterocycles. The number of nitrogens with zero attached hydrogens (tertiary/aromatic N) is 2. The van der Waals surface area contributed by atoms with Crippen molar-refractivity contribution < 1.29 is 5.11 Å². The zero-order valence-corrected chi connectivity index (χ0v) is 8.50. The first-order chi connectivity index (χ1) is 6.34. The first-order valence-corrected chi connectivity index (χ1v) is 5.50. The number of thioether (sulfide) groups is 1. The highest BCUT2D eigenvalue weighted by molar-refractivity contribution is 7.99. The number of rotatable bonds is 5. The predicted octanol–water partition coefficient (Wildman–Crippen LogP) is 1.65. The summed E-state index contributed by atoms with van der Waals surface area (Å²) in [5.41, 5.74) is 0.805. The van der Waals surface area contributed by atoms with E-state index < -0.39 is 6.10 Å². The lowest BCUT2D eigenvalue weighted by Gasteiger charge is -2.08. The van der Waals surface area contributed by atoms with Gasteiger partial charge in [-0.25, -0.2) is 9.97 Å². The maximum Gasteiger partial charge on any atom is 0.115 e. The van der Waals surface area contributed by atoms with E-state index in [0.29, 0.717) is 0 Å². The minimum atomic E-state index is -0.416. The SMILES string of the molecule is CCSCCC(O)c1cncnc1. The topological polar surface area (TPSA) is 46.0 Å². The van der Waals surface area contributed by atoms with E-state index in [-0.39, 0.29) is 0 Å². The lowest BCUT2D eigenvalue weighted by molar-refractivity contribution is 0.174. The molecule has 0 saturated carbocycles. The molecule has 72 valence electrons. The van der Waals surface area contributed by atoms with Gasteiger partial charge in [0.2, 0.25) is 0 Å². The molecule has 1 aromatic rings. The second-order valence-electron chi connectivity index (χ2n) is 2.67. The summed E-state index contributed by atoms with van der Waals surface area (Å²) in [5.74, 6) is 2.07. The molecule has 0 bridgehead atoms. The third kappa shape index (κ3) is 3.74. The van der Waals surface area contributed by atoms with Gasteiger partial charge in [0.1, 0.15) is 6.33 Å². The number of hydrogen-bond donors (Lipinski definition) is 1. The summed E-state index contributed by atoms with van der Waals surface area (Å²) in [4.78, 5) is 7.71. The molecule has 0 aromatic carbocycles. The van der Waals surface area contributed by atoms with Gasteiger partial charge in [-0.1, -0.05) is 6.92 Å². The highest BCUT2D eigenvalue weighted by atomic mass is 32.2. The molecule has 0 spiro atoms. The molecule has 13 heavy (non-hydrogen) atoms. The lowest BCUT2D eigenvalue weighted by Crippen LogP contribution is -2.00. The van der Waals surface area contributed by atoms with Crippen LogP contribution in [0.25, 0.3) is 0 Å². The maximum absolute atomic E-state index is 9.65. The van der Waals surface area contributed by atoms with Crippen LogP contribution in [-0.4, -0.2) is 26.6 Å². The average Bonchev–Trinajstić information content (AvgIpc) is 2.19. The van der Waals surface area contributed by atoms with Crippen molar-refractivity contribution in [3.63, 3.8) is 0 Å². The molecule has 0 aliphatic heterocycles. The second kappa shape index (κ2) is 5.94. The van der Waals surface area contributed by atoms with E-state index in [2.05, 4.69) is 16.9 Å². The lowest BCUT2D eigenvalue weighted by atomic mass is 10.1. The fourth-order valence-corrected chi connectivity index (χ4v) is 1.67.